The van der Waals surface area contributed by atoms with E-state index in [4.69, 9.17) is 9.47 Å². The molecule has 37 heavy (non-hydrogen) atoms. The fraction of sp³-hybridized carbons (Fsp3) is 0.429. The lowest BCUT2D eigenvalue weighted by atomic mass is 9.50. The molecule has 6 rings (SSSR count). The van der Waals surface area contributed by atoms with Gasteiger partial charge in [0.1, 0.15) is 5.76 Å². The minimum Gasteiger partial charge on any atom is -0.504 e. The molecule has 0 unspecified atom stereocenters. The second kappa shape index (κ2) is 8.58. The van der Waals surface area contributed by atoms with Crippen molar-refractivity contribution in [2.45, 2.75) is 54.9 Å². The molecule has 2 bridgehead atoms. The van der Waals surface area contributed by atoms with Gasteiger partial charge in [0, 0.05) is 24.6 Å². The van der Waals surface area contributed by atoms with Gasteiger partial charge in [-0.25, -0.2) is 0 Å². The van der Waals surface area contributed by atoms with Crippen molar-refractivity contribution < 1.29 is 34.4 Å². The number of rotatable bonds is 6. The summed E-state index contributed by atoms with van der Waals surface area (Å²) in [4.78, 5) is 27.2. The molecule has 2 aromatic carbocycles. The van der Waals surface area contributed by atoms with Crippen molar-refractivity contribution in [3.05, 3.63) is 71.0 Å². The summed E-state index contributed by atoms with van der Waals surface area (Å²) < 4.78 is 12.0. The number of hydrogen-bond donors (Lipinski definition) is 4. The van der Waals surface area contributed by atoms with Crippen LogP contribution in [0.1, 0.15) is 42.1 Å². The van der Waals surface area contributed by atoms with E-state index in [9.17, 15) is 24.9 Å². The number of ether oxygens (including phenoxy) is 2. The number of nitrogens with zero attached hydrogens (tertiary/aromatic N) is 1. The lowest BCUT2D eigenvalue weighted by Crippen LogP contribution is -2.74. The van der Waals surface area contributed by atoms with Crippen molar-refractivity contribution in [1.82, 2.24) is 10.2 Å². The first kappa shape index (κ1) is 24.0. The molecule has 2 heterocycles. The zero-order valence-electron chi connectivity index (χ0n) is 20.5. The summed E-state index contributed by atoms with van der Waals surface area (Å²) >= 11 is 0. The van der Waals surface area contributed by atoms with Gasteiger partial charge in [0.05, 0.1) is 17.4 Å². The number of aliphatic hydroxyl groups is 2. The van der Waals surface area contributed by atoms with Crippen LogP contribution < -0.4 is 10.1 Å². The molecule has 9 nitrogen and oxygen atoms in total. The number of benzene rings is 2. The van der Waals surface area contributed by atoms with Gasteiger partial charge < -0.3 is 35.0 Å². The van der Waals surface area contributed by atoms with E-state index < -0.39 is 35.1 Å². The Hall–Kier alpha value is -3.40. The molecule has 2 aliphatic carbocycles. The lowest BCUT2D eigenvalue weighted by molar-refractivity contribution is -0.169. The minimum atomic E-state index is -1.33. The molecule has 1 spiro atoms. The van der Waals surface area contributed by atoms with E-state index >= 15 is 0 Å². The average molecular weight is 507 g/mol. The Morgan fingerprint density at radius 1 is 1.24 bits per heavy atom. The first-order chi connectivity index (χ1) is 17.8. The SMILES string of the molecule is CN1CC[C@]23c4c5ccc(O)c4O[C@H]2C(OC(=O)CCNC(=O)[C@@H](O)c2ccccc2)=CC[C@@]3(O)[C@@H]1C5. The second-order valence-corrected chi connectivity index (χ2v) is 10.4. The number of aromatic hydroxyl groups is 1. The summed E-state index contributed by atoms with van der Waals surface area (Å²) in [6.07, 6.45) is 1.06. The largest absolute Gasteiger partial charge is 0.504 e. The van der Waals surface area contributed by atoms with Crippen LogP contribution in [0.15, 0.2) is 54.3 Å². The monoisotopic (exact) mass is 506 g/mol. The van der Waals surface area contributed by atoms with Gasteiger partial charge in [-0.2, -0.15) is 0 Å². The number of likely N-dealkylation sites (tertiary alicyclic amines) is 1. The van der Waals surface area contributed by atoms with Gasteiger partial charge >= 0.3 is 5.97 Å². The molecule has 2 aromatic rings. The molecule has 0 saturated carbocycles. The molecule has 1 amide bonds. The number of piperidine rings is 1. The molecule has 194 valence electrons. The minimum absolute atomic E-state index is 0.00647. The van der Waals surface area contributed by atoms with E-state index in [0.29, 0.717) is 36.3 Å². The van der Waals surface area contributed by atoms with Gasteiger partial charge in [-0.3, -0.25) is 9.59 Å². The van der Waals surface area contributed by atoms with Crippen LogP contribution >= 0.6 is 0 Å². The van der Waals surface area contributed by atoms with Crippen molar-refractivity contribution in [3.8, 4) is 11.5 Å². The topological polar surface area (TPSA) is 129 Å². The fourth-order valence-electron chi connectivity index (χ4n) is 6.79. The summed E-state index contributed by atoms with van der Waals surface area (Å²) in [5.41, 5.74) is 0.362. The Labute approximate surface area is 214 Å². The number of phenols is 1. The van der Waals surface area contributed by atoms with E-state index in [1.54, 1.807) is 42.5 Å². The highest BCUT2D eigenvalue weighted by Gasteiger charge is 2.72. The van der Waals surface area contributed by atoms with Crippen LogP contribution in [-0.2, 0) is 26.2 Å². The Bertz CT molecular complexity index is 1290. The van der Waals surface area contributed by atoms with Crippen molar-refractivity contribution >= 4 is 11.9 Å². The zero-order chi connectivity index (χ0) is 25.9. The van der Waals surface area contributed by atoms with Gasteiger partial charge in [0.15, 0.2) is 23.7 Å². The highest BCUT2D eigenvalue weighted by Crippen LogP contribution is 2.65. The Morgan fingerprint density at radius 2 is 2.03 bits per heavy atom. The maximum atomic E-state index is 12.8. The summed E-state index contributed by atoms with van der Waals surface area (Å²) in [6, 6.07) is 11.9. The van der Waals surface area contributed by atoms with Crippen LogP contribution in [0.5, 0.6) is 11.5 Å². The van der Waals surface area contributed by atoms with Crippen LogP contribution in [0.2, 0.25) is 0 Å². The predicted molar refractivity (Wildman–Crippen MR) is 132 cm³/mol. The predicted octanol–water partition coefficient (Wildman–Crippen LogP) is 1.45. The van der Waals surface area contributed by atoms with Gasteiger partial charge in [0.2, 0.25) is 0 Å². The Morgan fingerprint density at radius 3 is 2.81 bits per heavy atom. The van der Waals surface area contributed by atoms with Crippen LogP contribution in [-0.4, -0.2) is 70.0 Å². The lowest BCUT2D eigenvalue weighted by Gasteiger charge is -2.61. The number of carbonyl (C=O) groups excluding carboxylic acids is 2. The summed E-state index contributed by atoms with van der Waals surface area (Å²) in [5, 5.41) is 35.5. The highest BCUT2D eigenvalue weighted by molar-refractivity contribution is 5.82. The van der Waals surface area contributed by atoms with Crippen molar-refractivity contribution in [3.63, 3.8) is 0 Å². The van der Waals surface area contributed by atoms with Crippen LogP contribution in [0.3, 0.4) is 0 Å². The molecule has 5 atom stereocenters. The third-order valence-corrected chi connectivity index (χ3v) is 8.58. The number of phenolic OH excluding ortho intramolecular Hbond substituents is 1. The van der Waals surface area contributed by atoms with Crippen molar-refractivity contribution in [1.29, 1.82) is 0 Å². The molecule has 4 N–H and O–H groups in total. The summed E-state index contributed by atoms with van der Waals surface area (Å²) in [7, 11) is 2.01. The average Bonchev–Trinajstić information content (AvgIpc) is 3.25. The number of nitrogens with one attached hydrogen (secondary N) is 1. The number of hydrogen-bond acceptors (Lipinski definition) is 8. The van der Waals surface area contributed by atoms with E-state index in [-0.39, 0.29) is 24.8 Å². The quantitative estimate of drug-likeness (QED) is 0.434. The third-order valence-electron chi connectivity index (χ3n) is 8.58. The standard InChI is InChI=1S/C28H30N2O7/c1-30-14-12-27-22-17-7-8-18(31)24(22)37-25(27)19(9-11-28(27,35)20(30)15-17)36-21(32)10-13-29-26(34)23(33)16-5-3-2-4-6-16/h2-9,20,23,25,31,33,35H,10-15H2,1H3,(H,29,34)/t20-,23-,25-,27-,28+/m0/s1. The maximum Gasteiger partial charge on any atom is 0.312 e. The Balaban J connectivity index is 1.19. The number of amides is 1. The Kier molecular flexibility index (Phi) is 5.56. The first-order valence-electron chi connectivity index (χ1n) is 12.6. The number of carbonyl (C=O) groups is 2. The number of aliphatic hydroxyl groups excluding tert-OH is 1. The summed E-state index contributed by atoms with van der Waals surface area (Å²) in [6.45, 7) is 0.728. The molecule has 4 aliphatic rings. The molecule has 0 aromatic heterocycles. The first-order valence-corrected chi connectivity index (χ1v) is 12.6. The highest BCUT2D eigenvalue weighted by atomic mass is 16.6. The van der Waals surface area contributed by atoms with Crippen molar-refractivity contribution in [2.24, 2.45) is 0 Å². The second-order valence-electron chi connectivity index (χ2n) is 10.4. The van der Waals surface area contributed by atoms with E-state index in [0.717, 1.165) is 17.7 Å². The summed E-state index contributed by atoms with van der Waals surface area (Å²) in [5.74, 6) is -0.483. The van der Waals surface area contributed by atoms with Gasteiger partial charge in [-0.15, -0.1) is 0 Å². The molecule has 0 radical (unpaired) electrons. The number of likely N-dealkylation sites (N-methyl/N-ethyl adjacent to an activating group) is 1. The molecule has 1 fully saturated rings. The zero-order valence-corrected chi connectivity index (χ0v) is 20.5. The normalized spacial score (nSPS) is 30.0. The van der Waals surface area contributed by atoms with Crippen LogP contribution in [0, 0.1) is 0 Å². The van der Waals surface area contributed by atoms with E-state index in [1.807, 2.05) is 13.1 Å². The maximum absolute atomic E-state index is 12.8. The van der Waals surface area contributed by atoms with Gasteiger partial charge in [0.25, 0.3) is 5.91 Å². The van der Waals surface area contributed by atoms with Crippen LogP contribution in [0.25, 0.3) is 0 Å². The third kappa shape index (κ3) is 3.41. The molecule has 1 saturated heterocycles. The van der Waals surface area contributed by atoms with Gasteiger partial charge in [-0.1, -0.05) is 36.4 Å². The molecule has 9 heteroatoms. The van der Waals surface area contributed by atoms with E-state index in [1.165, 1.54) is 0 Å². The smallest absolute Gasteiger partial charge is 0.312 e. The van der Waals surface area contributed by atoms with E-state index in [2.05, 4.69) is 10.2 Å². The van der Waals surface area contributed by atoms with Gasteiger partial charge in [-0.05, 0) is 49.7 Å². The number of esters is 1. The van der Waals surface area contributed by atoms with Crippen molar-refractivity contribution in [2.75, 3.05) is 20.1 Å². The fourth-order valence-corrected chi connectivity index (χ4v) is 6.79. The molecular weight excluding hydrogens is 476 g/mol. The molecular formula is C28H30N2O7. The molecule has 2 aliphatic heterocycles. The van der Waals surface area contributed by atoms with Crippen LogP contribution in [0.4, 0.5) is 0 Å².